The van der Waals surface area contributed by atoms with Crippen LogP contribution >= 0.6 is 22.9 Å². The molecule has 0 bridgehead atoms. The summed E-state index contributed by atoms with van der Waals surface area (Å²) in [4.78, 5) is 3.63. The summed E-state index contributed by atoms with van der Waals surface area (Å²) in [5.74, 6) is 2.57. The van der Waals surface area contributed by atoms with Gasteiger partial charge in [-0.25, -0.2) is 0 Å². The zero-order valence-corrected chi connectivity index (χ0v) is 19.3. The highest BCUT2D eigenvalue weighted by atomic mass is 35.5. The van der Waals surface area contributed by atoms with Crippen molar-refractivity contribution in [1.29, 1.82) is 0 Å². The lowest BCUT2D eigenvalue weighted by Crippen LogP contribution is -2.35. The Balaban J connectivity index is 1.47. The lowest BCUT2D eigenvalue weighted by atomic mass is 9.91. The summed E-state index contributed by atoms with van der Waals surface area (Å²) in [6.07, 6.45) is 0.899. The van der Waals surface area contributed by atoms with Gasteiger partial charge in [-0.3, -0.25) is 4.90 Å². The maximum absolute atomic E-state index is 6.00. The molecule has 6 nitrogen and oxygen atoms in total. The third-order valence-electron chi connectivity index (χ3n) is 5.68. The molecule has 0 spiro atoms. The molecule has 32 heavy (non-hydrogen) atoms. The number of benzene rings is 2. The highest BCUT2D eigenvalue weighted by Gasteiger charge is 2.32. The molecule has 0 saturated heterocycles. The number of hydrogen-bond acceptors (Lipinski definition) is 7. The molecule has 0 amide bonds. The molecule has 1 atom stereocenters. The summed E-state index contributed by atoms with van der Waals surface area (Å²) in [6.45, 7) is 1.42. The van der Waals surface area contributed by atoms with Crippen molar-refractivity contribution in [2.24, 2.45) is 0 Å². The van der Waals surface area contributed by atoms with E-state index in [-0.39, 0.29) is 6.04 Å². The van der Waals surface area contributed by atoms with E-state index in [1.165, 1.54) is 16.0 Å². The number of rotatable bonds is 6. The molecule has 1 aliphatic heterocycles. The van der Waals surface area contributed by atoms with Crippen LogP contribution in [0.15, 0.2) is 58.3 Å². The first-order valence-corrected chi connectivity index (χ1v) is 11.5. The van der Waals surface area contributed by atoms with Crippen LogP contribution in [0, 0.1) is 0 Å². The molecule has 0 aliphatic carbocycles. The van der Waals surface area contributed by atoms with E-state index in [0.29, 0.717) is 23.3 Å². The summed E-state index contributed by atoms with van der Waals surface area (Å²) in [5, 5.41) is 11.3. The zero-order chi connectivity index (χ0) is 22.1. The number of methoxy groups -OCH3 is 2. The average Bonchev–Trinajstić information content (AvgIpc) is 3.51. The van der Waals surface area contributed by atoms with Crippen LogP contribution in [0.1, 0.15) is 27.9 Å². The number of fused-ring (bicyclic) bond motifs is 1. The van der Waals surface area contributed by atoms with Crippen molar-refractivity contribution in [2.75, 3.05) is 20.8 Å². The molecule has 0 N–H and O–H groups in total. The fraction of sp³-hybridized carbons (Fsp3) is 0.250. The summed E-state index contributed by atoms with van der Waals surface area (Å²) >= 11 is 7.73. The van der Waals surface area contributed by atoms with Gasteiger partial charge in [0.2, 0.25) is 11.8 Å². The van der Waals surface area contributed by atoms with E-state index < -0.39 is 0 Å². The molecule has 164 valence electrons. The van der Waals surface area contributed by atoms with Crippen molar-refractivity contribution >= 4 is 22.9 Å². The first-order chi connectivity index (χ1) is 15.7. The Kier molecular flexibility index (Phi) is 5.87. The number of aromatic nitrogens is 2. The molecule has 1 unspecified atom stereocenters. The molecular formula is C24H22ClN3O3S. The Morgan fingerprint density at radius 1 is 1.09 bits per heavy atom. The minimum Gasteiger partial charge on any atom is -0.493 e. The van der Waals surface area contributed by atoms with Crippen LogP contribution < -0.4 is 9.47 Å². The van der Waals surface area contributed by atoms with Crippen molar-refractivity contribution in [1.82, 2.24) is 15.1 Å². The molecule has 3 heterocycles. The van der Waals surface area contributed by atoms with Gasteiger partial charge in [0.25, 0.3) is 0 Å². The molecule has 1 aliphatic rings. The molecule has 0 radical (unpaired) electrons. The quantitative estimate of drug-likeness (QED) is 0.367. The lowest BCUT2D eigenvalue weighted by molar-refractivity contribution is 0.187. The summed E-state index contributed by atoms with van der Waals surface area (Å²) < 4.78 is 17.1. The van der Waals surface area contributed by atoms with E-state index >= 15 is 0 Å². The third-order valence-corrected chi connectivity index (χ3v) is 6.86. The van der Waals surface area contributed by atoms with Crippen molar-refractivity contribution in [2.45, 2.75) is 19.0 Å². The van der Waals surface area contributed by atoms with Crippen LogP contribution in [0.25, 0.3) is 11.5 Å². The predicted octanol–water partition coefficient (Wildman–Crippen LogP) is 5.62. The molecular weight excluding hydrogens is 446 g/mol. The van der Waals surface area contributed by atoms with Gasteiger partial charge in [0.15, 0.2) is 11.5 Å². The number of nitrogens with zero attached hydrogens (tertiary/aromatic N) is 3. The molecule has 4 aromatic rings. The second kappa shape index (κ2) is 8.94. The second-order valence-corrected chi connectivity index (χ2v) is 8.97. The van der Waals surface area contributed by atoms with E-state index in [1.54, 1.807) is 25.6 Å². The second-order valence-electron chi connectivity index (χ2n) is 7.55. The highest BCUT2D eigenvalue weighted by Crippen LogP contribution is 2.42. The van der Waals surface area contributed by atoms with E-state index in [0.717, 1.165) is 30.0 Å². The number of ether oxygens (including phenoxy) is 2. The lowest BCUT2D eigenvalue weighted by Gasteiger charge is -2.36. The van der Waals surface area contributed by atoms with Crippen LogP contribution in [-0.4, -0.2) is 35.9 Å². The van der Waals surface area contributed by atoms with Crippen LogP contribution in [0.4, 0.5) is 0 Å². The summed E-state index contributed by atoms with van der Waals surface area (Å²) in [5.41, 5.74) is 3.34. The van der Waals surface area contributed by atoms with E-state index in [4.69, 9.17) is 25.5 Å². The zero-order valence-electron chi connectivity index (χ0n) is 17.7. The minimum atomic E-state index is 0.0736. The first kappa shape index (κ1) is 21.0. The Hall–Kier alpha value is -2.87. The molecule has 0 saturated carbocycles. The third kappa shape index (κ3) is 3.99. The topological polar surface area (TPSA) is 60.6 Å². The van der Waals surface area contributed by atoms with E-state index in [9.17, 15) is 0 Å². The van der Waals surface area contributed by atoms with Crippen molar-refractivity contribution in [3.05, 3.63) is 80.8 Å². The number of halogens is 1. The number of thiophene rings is 1. The van der Waals surface area contributed by atoms with Gasteiger partial charge in [0.05, 0.1) is 26.8 Å². The Labute approximate surface area is 195 Å². The van der Waals surface area contributed by atoms with Crippen molar-refractivity contribution in [3.63, 3.8) is 0 Å². The van der Waals surface area contributed by atoms with Gasteiger partial charge >= 0.3 is 0 Å². The van der Waals surface area contributed by atoms with E-state index in [1.807, 2.05) is 24.3 Å². The highest BCUT2D eigenvalue weighted by molar-refractivity contribution is 7.10. The fourth-order valence-corrected chi connectivity index (χ4v) is 5.15. The molecule has 0 fully saturated rings. The van der Waals surface area contributed by atoms with Gasteiger partial charge in [-0.15, -0.1) is 21.5 Å². The van der Waals surface area contributed by atoms with Crippen LogP contribution in [-0.2, 0) is 13.0 Å². The maximum Gasteiger partial charge on any atom is 0.247 e. The fourth-order valence-electron chi connectivity index (χ4n) is 4.15. The van der Waals surface area contributed by atoms with Crippen LogP contribution in [0.5, 0.6) is 11.5 Å². The van der Waals surface area contributed by atoms with Gasteiger partial charge in [-0.1, -0.05) is 17.7 Å². The first-order valence-electron chi connectivity index (χ1n) is 10.3. The van der Waals surface area contributed by atoms with Gasteiger partial charge in [0.1, 0.15) is 0 Å². The largest absolute Gasteiger partial charge is 0.493 e. The maximum atomic E-state index is 6.00. The van der Waals surface area contributed by atoms with Gasteiger partial charge in [0, 0.05) is 22.0 Å². The van der Waals surface area contributed by atoms with Crippen LogP contribution in [0.2, 0.25) is 5.02 Å². The Morgan fingerprint density at radius 2 is 1.88 bits per heavy atom. The number of hydrogen-bond donors (Lipinski definition) is 0. The van der Waals surface area contributed by atoms with Crippen molar-refractivity contribution < 1.29 is 13.9 Å². The molecule has 5 rings (SSSR count). The normalized spacial score (nSPS) is 16.0. The average molecular weight is 468 g/mol. The summed E-state index contributed by atoms with van der Waals surface area (Å²) in [7, 11) is 3.34. The Morgan fingerprint density at radius 3 is 2.59 bits per heavy atom. The Bertz CT molecular complexity index is 1210. The molecule has 8 heteroatoms. The molecule has 2 aromatic heterocycles. The van der Waals surface area contributed by atoms with Gasteiger partial charge in [-0.2, -0.15) is 0 Å². The smallest absolute Gasteiger partial charge is 0.247 e. The van der Waals surface area contributed by atoms with Gasteiger partial charge in [-0.05, 0) is 65.4 Å². The van der Waals surface area contributed by atoms with Gasteiger partial charge < -0.3 is 13.9 Å². The predicted molar refractivity (Wildman–Crippen MR) is 125 cm³/mol. The SMILES string of the molecule is COc1cc2c(cc1OC)C(c1cccs1)N(Cc1nnc(-c3ccc(Cl)cc3)o1)CC2. The summed E-state index contributed by atoms with van der Waals surface area (Å²) in [6, 6.07) is 15.9. The standard InChI is InChI=1S/C24H22ClN3O3S/c1-29-19-12-16-9-10-28(23(21-4-3-11-32-21)18(16)13-20(19)30-2)14-22-26-27-24(31-22)15-5-7-17(25)8-6-15/h3-8,11-13,23H,9-10,14H2,1-2H3. The van der Waals surface area contributed by atoms with Crippen LogP contribution in [0.3, 0.4) is 0 Å². The monoisotopic (exact) mass is 467 g/mol. The minimum absolute atomic E-state index is 0.0736. The van der Waals surface area contributed by atoms with Crippen molar-refractivity contribution in [3.8, 4) is 23.0 Å². The molecule has 2 aromatic carbocycles. The van der Waals surface area contributed by atoms with E-state index in [2.05, 4.69) is 44.7 Å².